The maximum atomic E-state index is 12.8. The zero-order valence-electron chi connectivity index (χ0n) is 8.36. The Kier molecular flexibility index (Phi) is 1.81. The molecule has 0 aliphatic heterocycles. The smallest absolute Gasteiger partial charge is 0.380 e. The van der Waals surface area contributed by atoms with E-state index in [1.165, 1.54) is 0 Å². The molecule has 3 atom stereocenters. The minimum atomic E-state index is -4.49. The van der Waals surface area contributed by atoms with E-state index in [-0.39, 0.29) is 5.92 Å². The van der Waals surface area contributed by atoms with Crippen molar-refractivity contribution in [1.82, 2.24) is 0 Å². The lowest BCUT2D eigenvalue weighted by Crippen LogP contribution is -2.59. The van der Waals surface area contributed by atoms with Crippen LogP contribution in [0.15, 0.2) is 0 Å². The van der Waals surface area contributed by atoms with Crippen molar-refractivity contribution < 1.29 is 18.3 Å². The quantitative estimate of drug-likeness (QED) is 0.649. The van der Waals surface area contributed by atoms with E-state index in [1.807, 2.05) is 0 Å². The van der Waals surface area contributed by atoms with Gasteiger partial charge in [0.1, 0.15) is 0 Å². The summed E-state index contributed by atoms with van der Waals surface area (Å²) in [5.74, 6) is -0.554. The van der Waals surface area contributed by atoms with E-state index in [0.717, 1.165) is 6.42 Å². The third kappa shape index (κ3) is 0.904. The Morgan fingerprint density at radius 1 is 1.14 bits per heavy atom. The van der Waals surface area contributed by atoms with Gasteiger partial charge in [0.05, 0.1) is 0 Å². The summed E-state index contributed by atoms with van der Waals surface area (Å²) in [5.41, 5.74) is -3.48. The van der Waals surface area contributed by atoms with Crippen LogP contribution in [0.25, 0.3) is 0 Å². The molecule has 2 aliphatic carbocycles. The van der Waals surface area contributed by atoms with Gasteiger partial charge >= 0.3 is 6.18 Å². The molecule has 2 fully saturated rings. The van der Waals surface area contributed by atoms with Gasteiger partial charge in [-0.05, 0) is 31.1 Å². The van der Waals surface area contributed by atoms with E-state index in [0.29, 0.717) is 12.8 Å². The van der Waals surface area contributed by atoms with Gasteiger partial charge in [0.25, 0.3) is 0 Å². The SMILES string of the molecule is CC1(C)C2CCC(C2)C1(O)C(F)(F)F. The molecular weight excluding hydrogens is 193 g/mol. The minimum absolute atomic E-state index is 0.0270. The predicted octanol–water partition coefficient (Wildman–Crippen LogP) is 2.74. The van der Waals surface area contributed by atoms with Crippen molar-refractivity contribution in [2.24, 2.45) is 17.3 Å². The van der Waals surface area contributed by atoms with Crippen LogP contribution in [0.1, 0.15) is 33.1 Å². The molecule has 0 aromatic rings. The second-order valence-electron chi connectivity index (χ2n) is 5.19. The van der Waals surface area contributed by atoms with Gasteiger partial charge in [-0.2, -0.15) is 13.2 Å². The largest absolute Gasteiger partial charge is 0.417 e. The summed E-state index contributed by atoms with van der Waals surface area (Å²) in [5, 5.41) is 9.92. The molecule has 14 heavy (non-hydrogen) atoms. The van der Waals surface area contributed by atoms with Gasteiger partial charge in [0.2, 0.25) is 0 Å². The van der Waals surface area contributed by atoms with Gasteiger partial charge in [-0.3, -0.25) is 0 Å². The molecule has 0 amide bonds. The fourth-order valence-corrected chi connectivity index (χ4v) is 3.45. The second-order valence-corrected chi connectivity index (χ2v) is 5.19. The first-order chi connectivity index (χ1) is 6.21. The number of rotatable bonds is 0. The van der Waals surface area contributed by atoms with Crippen LogP contribution in [0.3, 0.4) is 0 Å². The standard InChI is InChI=1S/C10H15F3O/c1-8(2)6-3-4-7(5-6)9(8,14)10(11,12)13/h6-7,14H,3-5H2,1-2H3. The molecule has 3 unspecified atom stereocenters. The number of fused-ring (bicyclic) bond motifs is 2. The van der Waals surface area contributed by atoms with Gasteiger partial charge in [-0.1, -0.05) is 13.8 Å². The molecule has 82 valence electrons. The Bertz CT molecular complexity index is 259. The molecule has 2 rings (SSSR count). The van der Waals surface area contributed by atoms with Gasteiger partial charge in [-0.15, -0.1) is 0 Å². The molecule has 2 bridgehead atoms. The van der Waals surface area contributed by atoms with Crippen LogP contribution in [0.5, 0.6) is 0 Å². The lowest BCUT2D eigenvalue weighted by atomic mass is 9.65. The second kappa shape index (κ2) is 2.46. The van der Waals surface area contributed by atoms with Crippen molar-refractivity contribution in [2.75, 3.05) is 0 Å². The van der Waals surface area contributed by atoms with E-state index >= 15 is 0 Å². The zero-order valence-corrected chi connectivity index (χ0v) is 8.36. The maximum Gasteiger partial charge on any atom is 0.417 e. The Balaban J connectivity index is 2.44. The maximum absolute atomic E-state index is 12.8. The molecule has 2 saturated carbocycles. The van der Waals surface area contributed by atoms with E-state index in [1.54, 1.807) is 13.8 Å². The van der Waals surface area contributed by atoms with Crippen LogP contribution >= 0.6 is 0 Å². The van der Waals surface area contributed by atoms with E-state index < -0.39 is 23.1 Å². The van der Waals surface area contributed by atoms with Gasteiger partial charge in [-0.25, -0.2) is 0 Å². The van der Waals surface area contributed by atoms with Crippen molar-refractivity contribution >= 4 is 0 Å². The molecule has 0 aromatic heterocycles. The Hall–Kier alpha value is -0.250. The van der Waals surface area contributed by atoms with Crippen molar-refractivity contribution in [1.29, 1.82) is 0 Å². The van der Waals surface area contributed by atoms with Gasteiger partial charge in [0, 0.05) is 5.41 Å². The van der Waals surface area contributed by atoms with Crippen molar-refractivity contribution in [3.8, 4) is 0 Å². The average molecular weight is 208 g/mol. The van der Waals surface area contributed by atoms with Crippen molar-refractivity contribution in [2.45, 2.75) is 44.9 Å². The van der Waals surface area contributed by atoms with Crippen LogP contribution in [-0.4, -0.2) is 16.9 Å². The van der Waals surface area contributed by atoms with E-state index in [2.05, 4.69) is 0 Å². The third-order valence-electron chi connectivity index (χ3n) is 4.46. The van der Waals surface area contributed by atoms with Gasteiger partial charge in [0.15, 0.2) is 5.60 Å². The molecule has 1 nitrogen and oxygen atoms in total. The fourth-order valence-electron chi connectivity index (χ4n) is 3.45. The highest BCUT2D eigenvalue weighted by Gasteiger charge is 2.73. The van der Waals surface area contributed by atoms with Crippen molar-refractivity contribution in [3.63, 3.8) is 0 Å². The molecule has 0 spiro atoms. The summed E-state index contributed by atoms with van der Waals surface area (Å²) in [7, 11) is 0. The first-order valence-corrected chi connectivity index (χ1v) is 5.00. The highest BCUT2D eigenvalue weighted by molar-refractivity contribution is 5.15. The molecule has 4 heteroatoms. The highest BCUT2D eigenvalue weighted by atomic mass is 19.4. The Morgan fingerprint density at radius 3 is 1.93 bits per heavy atom. The molecule has 0 saturated heterocycles. The van der Waals surface area contributed by atoms with Crippen LogP contribution in [-0.2, 0) is 0 Å². The Morgan fingerprint density at radius 2 is 1.64 bits per heavy atom. The number of hydrogen-bond donors (Lipinski definition) is 1. The summed E-state index contributed by atoms with van der Waals surface area (Å²) in [6.45, 7) is 3.09. The van der Waals surface area contributed by atoms with Crippen LogP contribution in [0, 0.1) is 17.3 Å². The summed E-state index contributed by atoms with van der Waals surface area (Å²) < 4.78 is 38.5. The normalized spacial score (nSPS) is 45.9. The predicted molar refractivity (Wildman–Crippen MR) is 45.6 cm³/mol. The van der Waals surface area contributed by atoms with Gasteiger partial charge < -0.3 is 5.11 Å². The zero-order chi connectivity index (χ0) is 10.8. The van der Waals surface area contributed by atoms with E-state index in [4.69, 9.17) is 0 Å². The first kappa shape index (κ1) is 10.3. The molecule has 0 radical (unpaired) electrons. The average Bonchev–Trinajstić information content (AvgIpc) is 2.52. The third-order valence-corrected chi connectivity index (χ3v) is 4.46. The first-order valence-electron chi connectivity index (χ1n) is 5.00. The number of alkyl halides is 3. The monoisotopic (exact) mass is 208 g/mol. The number of aliphatic hydroxyl groups is 1. The molecule has 0 aromatic carbocycles. The summed E-state index contributed by atoms with van der Waals surface area (Å²) >= 11 is 0. The van der Waals surface area contributed by atoms with Crippen LogP contribution < -0.4 is 0 Å². The number of hydrogen-bond acceptors (Lipinski definition) is 1. The van der Waals surface area contributed by atoms with Crippen LogP contribution in [0.2, 0.25) is 0 Å². The van der Waals surface area contributed by atoms with Crippen molar-refractivity contribution in [3.05, 3.63) is 0 Å². The summed E-state index contributed by atoms with van der Waals surface area (Å²) in [6.07, 6.45) is -2.61. The molecule has 1 N–H and O–H groups in total. The molecule has 0 heterocycles. The van der Waals surface area contributed by atoms with E-state index in [9.17, 15) is 18.3 Å². The lowest BCUT2D eigenvalue weighted by Gasteiger charge is -2.46. The summed E-state index contributed by atoms with van der Waals surface area (Å²) in [6, 6.07) is 0. The van der Waals surface area contributed by atoms with Crippen LogP contribution in [0.4, 0.5) is 13.2 Å². The lowest BCUT2D eigenvalue weighted by molar-refractivity contribution is -0.312. The topological polar surface area (TPSA) is 20.2 Å². The number of halogens is 3. The molecule has 2 aliphatic rings. The summed E-state index contributed by atoms with van der Waals surface area (Å²) in [4.78, 5) is 0. The molecular formula is C10H15F3O. The minimum Gasteiger partial charge on any atom is -0.380 e. The fraction of sp³-hybridized carbons (Fsp3) is 1.00. The highest BCUT2D eigenvalue weighted by Crippen LogP contribution is 2.65. The Labute approximate surface area is 81.3 Å².